The minimum absolute atomic E-state index is 0.647. The van der Waals surface area contributed by atoms with Crippen molar-refractivity contribution in [3.05, 3.63) is 17.9 Å². The van der Waals surface area contributed by atoms with E-state index in [2.05, 4.69) is 40.0 Å². The van der Waals surface area contributed by atoms with E-state index < -0.39 is 0 Å². The van der Waals surface area contributed by atoms with E-state index in [-0.39, 0.29) is 0 Å². The van der Waals surface area contributed by atoms with Gasteiger partial charge in [0.15, 0.2) is 0 Å². The highest BCUT2D eigenvalue weighted by Crippen LogP contribution is 2.23. The first-order valence-corrected chi connectivity index (χ1v) is 5.00. The molecule has 0 N–H and O–H groups in total. The van der Waals surface area contributed by atoms with Crippen molar-refractivity contribution in [1.82, 2.24) is 0 Å². The minimum Gasteiger partial charge on any atom is -0.130 e. The molecule has 0 heterocycles. The van der Waals surface area contributed by atoms with Crippen molar-refractivity contribution in [3.8, 4) is 0 Å². The van der Waals surface area contributed by atoms with Crippen LogP contribution < -0.4 is 0 Å². The van der Waals surface area contributed by atoms with Crippen LogP contribution in [0.4, 0.5) is 0 Å². The van der Waals surface area contributed by atoms with E-state index in [1.54, 1.807) is 0 Å². The maximum Gasteiger partial charge on any atom is -0.0133 e. The third kappa shape index (κ3) is 3.78. The number of allylic oxidation sites excluding steroid dienone is 1. The van der Waals surface area contributed by atoms with Gasteiger partial charge in [0.2, 0.25) is 0 Å². The van der Waals surface area contributed by atoms with Crippen LogP contribution in [0, 0.1) is 11.8 Å². The van der Waals surface area contributed by atoms with Gasteiger partial charge in [-0.1, -0.05) is 46.6 Å². The highest BCUT2D eigenvalue weighted by atomic mass is 14.2. The van der Waals surface area contributed by atoms with Crippen molar-refractivity contribution in [1.29, 1.82) is 0 Å². The zero-order chi connectivity index (χ0) is 9.56. The van der Waals surface area contributed by atoms with Crippen LogP contribution in [0.1, 0.15) is 47.0 Å². The predicted molar refractivity (Wildman–Crippen MR) is 56.2 cm³/mol. The van der Waals surface area contributed by atoms with Gasteiger partial charge in [0, 0.05) is 0 Å². The minimum atomic E-state index is 0.647. The summed E-state index contributed by atoms with van der Waals surface area (Å²) in [7, 11) is 0. The maximum absolute atomic E-state index is 3.68. The highest BCUT2D eigenvalue weighted by Gasteiger charge is 2.12. The molecule has 0 saturated heterocycles. The molecule has 0 amide bonds. The summed E-state index contributed by atoms with van der Waals surface area (Å²) in [6.07, 6.45) is 3.97. The van der Waals surface area contributed by atoms with Crippen LogP contribution in [0.25, 0.3) is 0 Å². The van der Waals surface area contributed by atoms with Crippen molar-refractivity contribution < 1.29 is 0 Å². The quantitative estimate of drug-likeness (QED) is 0.537. The second-order valence-corrected chi connectivity index (χ2v) is 3.77. The Bertz CT molecular complexity index is 161. The monoisotopic (exact) mass is 166 g/mol. The Kier molecular flexibility index (Phi) is 5.84. The summed E-state index contributed by atoms with van der Waals surface area (Å²) in [5.41, 5.74) is 4.29. The van der Waals surface area contributed by atoms with Crippen LogP contribution in [-0.2, 0) is 0 Å². The molecule has 0 aliphatic rings. The predicted octanol–water partition coefficient (Wildman–Crippen LogP) is 4.18. The number of rotatable bonds is 5. The Hall–Kier alpha value is -0.480. The van der Waals surface area contributed by atoms with Crippen molar-refractivity contribution in [3.63, 3.8) is 0 Å². The second-order valence-electron chi connectivity index (χ2n) is 3.77. The Labute approximate surface area is 77.4 Å². The summed E-state index contributed by atoms with van der Waals surface area (Å²) >= 11 is 0. The van der Waals surface area contributed by atoms with Crippen LogP contribution in [0.5, 0.6) is 0 Å². The Morgan fingerprint density at radius 3 is 2.42 bits per heavy atom. The molecule has 0 aromatic carbocycles. The summed E-state index contributed by atoms with van der Waals surface area (Å²) < 4.78 is 0. The molecule has 0 aliphatic carbocycles. The zero-order valence-electron chi connectivity index (χ0n) is 8.98. The maximum atomic E-state index is 3.68. The standard InChI is InChI=1S/C12H22/c1-6-8-9-11(4)12(5)10(3)7-2/h11-12H,2,6,8-9H2,1,3-5H3. The summed E-state index contributed by atoms with van der Waals surface area (Å²) in [5.74, 6) is 1.42. The van der Waals surface area contributed by atoms with Gasteiger partial charge in [-0.05, 0) is 24.3 Å². The molecule has 0 rings (SSSR count). The zero-order valence-corrected chi connectivity index (χ0v) is 8.98. The molecule has 0 saturated carbocycles. The smallest absolute Gasteiger partial charge is 0.0133 e. The molecule has 0 nitrogen and oxygen atoms in total. The van der Waals surface area contributed by atoms with E-state index in [1.165, 1.54) is 24.8 Å². The van der Waals surface area contributed by atoms with Crippen molar-refractivity contribution in [2.45, 2.75) is 47.0 Å². The van der Waals surface area contributed by atoms with Crippen LogP contribution in [0.15, 0.2) is 17.9 Å². The molecule has 0 heteroatoms. The van der Waals surface area contributed by atoms with E-state index in [1.807, 2.05) is 0 Å². The molecule has 70 valence electrons. The normalized spacial score (nSPS) is 15.0. The van der Waals surface area contributed by atoms with E-state index in [9.17, 15) is 0 Å². The van der Waals surface area contributed by atoms with Gasteiger partial charge in [-0.3, -0.25) is 0 Å². The second kappa shape index (κ2) is 6.08. The lowest BCUT2D eigenvalue weighted by atomic mass is 9.86. The molecule has 2 atom stereocenters. The fourth-order valence-corrected chi connectivity index (χ4v) is 1.36. The third-order valence-corrected chi connectivity index (χ3v) is 2.83. The van der Waals surface area contributed by atoms with Crippen molar-refractivity contribution in [2.75, 3.05) is 0 Å². The van der Waals surface area contributed by atoms with Gasteiger partial charge in [-0.25, -0.2) is 0 Å². The molecular weight excluding hydrogens is 144 g/mol. The number of hydrogen-bond acceptors (Lipinski definition) is 0. The van der Waals surface area contributed by atoms with Crippen LogP contribution in [0.2, 0.25) is 0 Å². The average Bonchev–Trinajstić information content (AvgIpc) is 2.11. The molecule has 12 heavy (non-hydrogen) atoms. The molecule has 0 aromatic rings. The van der Waals surface area contributed by atoms with Crippen LogP contribution >= 0.6 is 0 Å². The molecule has 0 fully saturated rings. The number of hydrogen-bond donors (Lipinski definition) is 0. The van der Waals surface area contributed by atoms with Gasteiger partial charge >= 0.3 is 0 Å². The summed E-state index contributed by atoms with van der Waals surface area (Å²) in [6, 6.07) is 0. The van der Waals surface area contributed by atoms with Gasteiger partial charge in [-0.15, -0.1) is 5.73 Å². The van der Waals surface area contributed by atoms with E-state index >= 15 is 0 Å². The Morgan fingerprint density at radius 1 is 1.42 bits per heavy atom. The fraction of sp³-hybridized carbons (Fsp3) is 0.750. The molecule has 0 bridgehead atoms. The first-order chi connectivity index (χ1) is 5.63. The number of unbranched alkanes of at least 4 members (excludes halogenated alkanes) is 1. The van der Waals surface area contributed by atoms with Gasteiger partial charge in [0.1, 0.15) is 0 Å². The molecule has 0 radical (unpaired) electrons. The fourth-order valence-electron chi connectivity index (χ4n) is 1.36. The lowest BCUT2D eigenvalue weighted by Gasteiger charge is -2.18. The average molecular weight is 166 g/mol. The van der Waals surface area contributed by atoms with E-state index in [0.717, 1.165) is 5.92 Å². The highest BCUT2D eigenvalue weighted by molar-refractivity contribution is 5.00. The van der Waals surface area contributed by atoms with E-state index in [0.29, 0.717) is 5.92 Å². The molecule has 0 aliphatic heterocycles. The SMILES string of the molecule is C=C=C(C)C(C)C(C)CCCC. The largest absolute Gasteiger partial charge is 0.130 e. The third-order valence-electron chi connectivity index (χ3n) is 2.83. The first-order valence-electron chi connectivity index (χ1n) is 5.00. The molecular formula is C12H22. The van der Waals surface area contributed by atoms with Gasteiger partial charge < -0.3 is 0 Å². The van der Waals surface area contributed by atoms with Crippen molar-refractivity contribution >= 4 is 0 Å². The van der Waals surface area contributed by atoms with E-state index in [4.69, 9.17) is 0 Å². The summed E-state index contributed by atoms with van der Waals surface area (Å²) in [5, 5.41) is 0. The topological polar surface area (TPSA) is 0 Å². The lowest BCUT2D eigenvalue weighted by Crippen LogP contribution is -2.08. The summed E-state index contributed by atoms with van der Waals surface area (Å²) in [6.45, 7) is 12.6. The molecule has 0 spiro atoms. The van der Waals surface area contributed by atoms with Crippen molar-refractivity contribution in [2.24, 2.45) is 11.8 Å². The Balaban J connectivity index is 3.92. The van der Waals surface area contributed by atoms with Gasteiger partial charge in [0.05, 0.1) is 0 Å². The van der Waals surface area contributed by atoms with Crippen LogP contribution in [0.3, 0.4) is 0 Å². The first kappa shape index (κ1) is 11.5. The Morgan fingerprint density at radius 2 is 2.00 bits per heavy atom. The lowest BCUT2D eigenvalue weighted by molar-refractivity contribution is 0.398. The van der Waals surface area contributed by atoms with Gasteiger partial charge in [0.25, 0.3) is 0 Å². The molecule has 2 unspecified atom stereocenters. The van der Waals surface area contributed by atoms with Crippen LogP contribution in [-0.4, -0.2) is 0 Å². The van der Waals surface area contributed by atoms with Gasteiger partial charge in [-0.2, -0.15) is 0 Å². The summed E-state index contributed by atoms with van der Waals surface area (Å²) in [4.78, 5) is 0. The molecule has 0 aromatic heterocycles.